The largest absolute Gasteiger partial charge is 0.506 e. The Morgan fingerprint density at radius 2 is 2.00 bits per heavy atom. The molecule has 0 radical (unpaired) electrons. The summed E-state index contributed by atoms with van der Waals surface area (Å²) in [6, 6.07) is 8.56. The van der Waals surface area contributed by atoms with E-state index in [1.54, 1.807) is 30.5 Å². The van der Waals surface area contributed by atoms with Crippen LogP contribution in [0.3, 0.4) is 0 Å². The normalized spacial score (nSPS) is 9.87. The van der Waals surface area contributed by atoms with Crippen LogP contribution in [0.5, 0.6) is 5.75 Å². The lowest BCUT2D eigenvalue weighted by Gasteiger charge is -2.06. The molecule has 1 heterocycles. The average molecular weight is 202 g/mol. The second-order valence-electron chi connectivity index (χ2n) is 2.94. The molecular weight excluding hydrogens is 192 g/mol. The van der Waals surface area contributed by atoms with E-state index in [0.29, 0.717) is 11.5 Å². The highest BCUT2D eigenvalue weighted by atomic mass is 16.3. The van der Waals surface area contributed by atoms with Gasteiger partial charge in [0.1, 0.15) is 11.6 Å². The molecule has 0 fully saturated rings. The molecular formula is C10H10N4O. The molecule has 0 atom stereocenters. The van der Waals surface area contributed by atoms with Gasteiger partial charge in [0.2, 0.25) is 5.95 Å². The number of aromatic nitrogens is 2. The number of hydrogen-bond acceptors (Lipinski definition) is 5. The van der Waals surface area contributed by atoms with Crippen LogP contribution < -0.4 is 11.1 Å². The lowest BCUT2D eigenvalue weighted by atomic mass is 10.3. The van der Waals surface area contributed by atoms with Crippen molar-refractivity contribution in [3.8, 4) is 5.75 Å². The third kappa shape index (κ3) is 2.14. The van der Waals surface area contributed by atoms with E-state index in [0.717, 1.165) is 0 Å². The van der Waals surface area contributed by atoms with Crippen molar-refractivity contribution < 1.29 is 5.11 Å². The smallest absolute Gasteiger partial charge is 0.221 e. The predicted molar refractivity (Wildman–Crippen MR) is 57.8 cm³/mol. The van der Waals surface area contributed by atoms with Crippen LogP contribution in [0, 0.1) is 0 Å². The maximum Gasteiger partial charge on any atom is 0.221 e. The van der Waals surface area contributed by atoms with E-state index < -0.39 is 0 Å². The zero-order valence-corrected chi connectivity index (χ0v) is 7.88. The fourth-order valence-electron chi connectivity index (χ4n) is 1.16. The average Bonchev–Trinajstić information content (AvgIpc) is 2.22. The number of phenols is 1. The first-order valence-corrected chi connectivity index (χ1v) is 4.39. The topological polar surface area (TPSA) is 84.1 Å². The summed E-state index contributed by atoms with van der Waals surface area (Å²) in [6.07, 6.45) is 1.55. The van der Waals surface area contributed by atoms with Crippen molar-refractivity contribution >= 4 is 17.5 Å². The maximum atomic E-state index is 9.50. The fourth-order valence-corrected chi connectivity index (χ4v) is 1.16. The zero-order chi connectivity index (χ0) is 10.7. The Balaban J connectivity index is 2.26. The molecule has 0 saturated heterocycles. The maximum absolute atomic E-state index is 9.50. The Morgan fingerprint density at radius 3 is 2.73 bits per heavy atom. The summed E-state index contributed by atoms with van der Waals surface area (Å²) < 4.78 is 0. The number of nitrogen functional groups attached to an aromatic ring is 1. The molecule has 1 aromatic heterocycles. The van der Waals surface area contributed by atoms with Gasteiger partial charge in [-0.3, -0.25) is 0 Å². The van der Waals surface area contributed by atoms with Gasteiger partial charge in [-0.2, -0.15) is 4.98 Å². The quantitative estimate of drug-likeness (QED) is 0.643. The molecule has 0 spiro atoms. The standard InChI is InChI=1S/C10H10N4O/c11-10-12-6-5-9(14-10)13-7-3-1-2-4-8(7)15/h1-6,15H,(H3,11,12,13,14). The van der Waals surface area contributed by atoms with Crippen molar-refractivity contribution in [1.82, 2.24) is 9.97 Å². The number of nitrogens with zero attached hydrogens (tertiary/aromatic N) is 2. The molecule has 1 aromatic carbocycles. The summed E-state index contributed by atoms with van der Waals surface area (Å²) in [7, 11) is 0. The highest BCUT2D eigenvalue weighted by Gasteiger charge is 2.00. The number of rotatable bonds is 2. The van der Waals surface area contributed by atoms with Crippen molar-refractivity contribution in [2.45, 2.75) is 0 Å². The van der Waals surface area contributed by atoms with Crippen molar-refractivity contribution in [2.24, 2.45) is 0 Å². The molecule has 4 N–H and O–H groups in total. The van der Waals surface area contributed by atoms with Crippen molar-refractivity contribution in [3.63, 3.8) is 0 Å². The first kappa shape index (κ1) is 9.26. The van der Waals surface area contributed by atoms with Crippen molar-refractivity contribution in [2.75, 3.05) is 11.1 Å². The number of aromatic hydroxyl groups is 1. The molecule has 0 aliphatic rings. The first-order valence-electron chi connectivity index (χ1n) is 4.39. The van der Waals surface area contributed by atoms with Crippen LogP contribution in [0.4, 0.5) is 17.5 Å². The second-order valence-corrected chi connectivity index (χ2v) is 2.94. The van der Waals surface area contributed by atoms with Gasteiger partial charge in [-0.1, -0.05) is 12.1 Å². The molecule has 15 heavy (non-hydrogen) atoms. The minimum Gasteiger partial charge on any atom is -0.506 e. The number of phenolic OH excluding ortho intramolecular Hbond substituents is 1. The molecule has 5 nitrogen and oxygen atoms in total. The number of nitrogens with one attached hydrogen (secondary N) is 1. The monoisotopic (exact) mass is 202 g/mol. The molecule has 76 valence electrons. The van der Waals surface area contributed by atoms with Crippen LogP contribution >= 0.6 is 0 Å². The van der Waals surface area contributed by atoms with Gasteiger partial charge >= 0.3 is 0 Å². The van der Waals surface area contributed by atoms with Gasteiger partial charge < -0.3 is 16.2 Å². The van der Waals surface area contributed by atoms with Crippen molar-refractivity contribution in [3.05, 3.63) is 36.5 Å². The summed E-state index contributed by atoms with van der Waals surface area (Å²) in [5.74, 6) is 0.897. The first-order chi connectivity index (χ1) is 7.25. The summed E-state index contributed by atoms with van der Waals surface area (Å²) in [5.41, 5.74) is 6.00. The van der Waals surface area contributed by atoms with E-state index in [2.05, 4.69) is 15.3 Å². The molecule has 0 saturated carbocycles. The Labute approximate surface area is 86.6 Å². The molecule has 2 aromatic rings. The number of anilines is 3. The Hall–Kier alpha value is -2.30. The minimum absolute atomic E-state index is 0.162. The van der Waals surface area contributed by atoms with Crippen LogP contribution in [-0.4, -0.2) is 15.1 Å². The highest BCUT2D eigenvalue weighted by molar-refractivity contribution is 5.63. The summed E-state index contributed by atoms with van der Waals surface area (Å²) in [6.45, 7) is 0. The third-order valence-electron chi connectivity index (χ3n) is 1.84. The molecule has 5 heteroatoms. The molecule has 0 bridgehead atoms. The van der Waals surface area contributed by atoms with Crippen LogP contribution in [-0.2, 0) is 0 Å². The van der Waals surface area contributed by atoms with E-state index in [1.165, 1.54) is 0 Å². The van der Waals surface area contributed by atoms with E-state index >= 15 is 0 Å². The number of benzene rings is 1. The molecule has 0 aliphatic carbocycles. The van der Waals surface area contributed by atoms with Gasteiger partial charge in [0.15, 0.2) is 0 Å². The number of para-hydroxylation sites is 2. The van der Waals surface area contributed by atoms with Crippen LogP contribution in [0.1, 0.15) is 0 Å². The van der Waals surface area contributed by atoms with Gasteiger partial charge in [0.25, 0.3) is 0 Å². The molecule has 2 rings (SSSR count). The van der Waals surface area contributed by atoms with Crippen LogP contribution in [0.15, 0.2) is 36.5 Å². The van der Waals surface area contributed by atoms with Gasteiger partial charge in [-0.05, 0) is 18.2 Å². The van der Waals surface area contributed by atoms with Gasteiger partial charge in [0, 0.05) is 6.20 Å². The van der Waals surface area contributed by atoms with Gasteiger partial charge in [0.05, 0.1) is 5.69 Å². The van der Waals surface area contributed by atoms with Crippen molar-refractivity contribution in [1.29, 1.82) is 0 Å². The molecule has 0 unspecified atom stereocenters. The number of hydrogen-bond donors (Lipinski definition) is 3. The SMILES string of the molecule is Nc1nccc(Nc2ccccc2O)n1. The van der Waals surface area contributed by atoms with E-state index in [-0.39, 0.29) is 11.7 Å². The highest BCUT2D eigenvalue weighted by Crippen LogP contribution is 2.24. The van der Waals surface area contributed by atoms with E-state index in [9.17, 15) is 5.11 Å². The lowest BCUT2D eigenvalue weighted by molar-refractivity contribution is 0.477. The fraction of sp³-hybridized carbons (Fsp3) is 0. The second kappa shape index (κ2) is 3.83. The molecule has 0 aliphatic heterocycles. The van der Waals surface area contributed by atoms with E-state index in [4.69, 9.17) is 5.73 Å². The minimum atomic E-state index is 0.162. The lowest BCUT2D eigenvalue weighted by Crippen LogP contribution is -1.98. The summed E-state index contributed by atoms with van der Waals surface area (Å²) in [5, 5.41) is 12.4. The van der Waals surface area contributed by atoms with E-state index in [1.807, 2.05) is 6.07 Å². The Morgan fingerprint density at radius 1 is 1.20 bits per heavy atom. The number of nitrogens with two attached hydrogens (primary N) is 1. The Kier molecular flexibility index (Phi) is 2.37. The third-order valence-corrected chi connectivity index (χ3v) is 1.84. The zero-order valence-electron chi connectivity index (χ0n) is 7.88. The van der Waals surface area contributed by atoms with Gasteiger partial charge in [-0.25, -0.2) is 4.98 Å². The van der Waals surface area contributed by atoms with Crippen LogP contribution in [0.25, 0.3) is 0 Å². The predicted octanol–water partition coefficient (Wildman–Crippen LogP) is 1.51. The van der Waals surface area contributed by atoms with Gasteiger partial charge in [-0.15, -0.1) is 0 Å². The molecule has 0 amide bonds. The summed E-state index contributed by atoms with van der Waals surface area (Å²) >= 11 is 0. The Bertz CT molecular complexity index is 472. The van der Waals surface area contributed by atoms with Crippen LogP contribution in [0.2, 0.25) is 0 Å². The summed E-state index contributed by atoms with van der Waals surface area (Å²) in [4.78, 5) is 7.72.